The summed E-state index contributed by atoms with van der Waals surface area (Å²) < 4.78 is 1.18. The largest absolute Gasteiger partial charge is 0.314 e. The third kappa shape index (κ3) is 2.63. The highest BCUT2D eigenvalue weighted by molar-refractivity contribution is 9.10. The standard InChI is InChI=1S/C15H21BrN2/c16-14-6-4-13(5-7-14)15(12-2-1-3-12)18-10-8-17-9-11-18/h4-7,12,15,17H,1-3,8-11H2. The molecule has 1 aliphatic heterocycles. The number of rotatable bonds is 3. The van der Waals surface area contributed by atoms with E-state index in [1.165, 1.54) is 42.4 Å². The van der Waals surface area contributed by atoms with Crippen LogP contribution < -0.4 is 5.32 Å². The molecular weight excluding hydrogens is 288 g/mol. The van der Waals surface area contributed by atoms with Gasteiger partial charge in [-0.3, -0.25) is 4.90 Å². The lowest BCUT2D eigenvalue weighted by atomic mass is 9.76. The summed E-state index contributed by atoms with van der Waals surface area (Å²) in [4.78, 5) is 2.68. The first kappa shape index (κ1) is 12.6. The Hall–Kier alpha value is -0.380. The molecule has 1 aromatic carbocycles. The van der Waals surface area contributed by atoms with E-state index in [4.69, 9.17) is 0 Å². The molecule has 1 saturated heterocycles. The van der Waals surface area contributed by atoms with Crippen LogP contribution in [0, 0.1) is 5.92 Å². The van der Waals surface area contributed by atoms with Crippen molar-refractivity contribution in [2.75, 3.05) is 26.2 Å². The van der Waals surface area contributed by atoms with Crippen LogP contribution >= 0.6 is 15.9 Å². The molecule has 18 heavy (non-hydrogen) atoms. The van der Waals surface area contributed by atoms with Gasteiger partial charge in [0.2, 0.25) is 0 Å². The molecule has 3 heteroatoms. The van der Waals surface area contributed by atoms with Gasteiger partial charge in [0.05, 0.1) is 0 Å². The van der Waals surface area contributed by atoms with Gasteiger partial charge in [0.15, 0.2) is 0 Å². The van der Waals surface area contributed by atoms with Crippen molar-refractivity contribution >= 4 is 15.9 Å². The predicted octanol–water partition coefficient (Wildman–Crippen LogP) is 3.20. The van der Waals surface area contributed by atoms with Crippen molar-refractivity contribution in [1.29, 1.82) is 0 Å². The first-order valence-corrected chi connectivity index (χ1v) is 7.84. The van der Waals surface area contributed by atoms with Crippen molar-refractivity contribution < 1.29 is 0 Å². The highest BCUT2D eigenvalue weighted by atomic mass is 79.9. The lowest BCUT2D eigenvalue weighted by molar-refractivity contribution is 0.0837. The number of benzene rings is 1. The number of nitrogens with one attached hydrogen (secondary N) is 1. The topological polar surface area (TPSA) is 15.3 Å². The normalized spacial score (nSPS) is 23.6. The van der Waals surface area contributed by atoms with E-state index in [2.05, 4.69) is 50.4 Å². The van der Waals surface area contributed by atoms with Crippen LogP contribution in [0.2, 0.25) is 0 Å². The van der Waals surface area contributed by atoms with E-state index < -0.39 is 0 Å². The highest BCUT2D eigenvalue weighted by Gasteiger charge is 2.33. The first-order chi connectivity index (χ1) is 8.84. The van der Waals surface area contributed by atoms with E-state index in [1.54, 1.807) is 0 Å². The van der Waals surface area contributed by atoms with Crippen LogP contribution in [0.1, 0.15) is 30.9 Å². The van der Waals surface area contributed by atoms with E-state index in [-0.39, 0.29) is 0 Å². The molecule has 0 aromatic heterocycles. The van der Waals surface area contributed by atoms with Crippen molar-refractivity contribution in [2.24, 2.45) is 5.92 Å². The Kier molecular flexibility index (Phi) is 4.02. The van der Waals surface area contributed by atoms with E-state index in [1.807, 2.05) is 0 Å². The minimum Gasteiger partial charge on any atom is -0.314 e. The van der Waals surface area contributed by atoms with Crippen LogP contribution in [0.15, 0.2) is 28.7 Å². The summed E-state index contributed by atoms with van der Waals surface area (Å²) in [6, 6.07) is 9.62. The summed E-state index contributed by atoms with van der Waals surface area (Å²) in [5, 5.41) is 3.46. The Morgan fingerprint density at radius 2 is 1.78 bits per heavy atom. The van der Waals surface area contributed by atoms with Gasteiger partial charge in [-0.15, -0.1) is 0 Å². The van der Waals surface area contributed by atoms with Gasteiger partial charge in [-0.25, -0.2) is 0 Å². The molecule has 1 unspecified atom stereocenters. The lowest BCUT2D eigenvalue weighted by Gasteiger charge is -2.43. The molecule has 0 amide bonds. The Labute approximate surface area is 118 Å². The predicted molar refractivity (Wildman–Crippen MR) is 78.7 cm³/mol. The maximum Gasteiger partial charge on any atom is 0.0377 e. The lowest BCUT2D eigenvalue weighted by Crippen LogP contribution is -2.47. The molecule has 1 saturated carbocycles. The average molecular weight is 309 g/mol. The number of nitrogens with zero attached hydrogens (tertiary/aromatic N) is 1. The fraction of sp³-hybridized carbons (Fsp3) is 0.600. The second kappa shape index (κ2) is 5.72. The molecule has 1 N–H and O–H groups in total. The van der Waals surface area contributed by atoms with Gasteiger partial charge in [0.1, 0.15) is 0 Å². The quantitative estimate of drug-likeness (QED) is 0.922. The second-order valence-corrected chi connectivity index (χ2v) is 6.39. The Morgan fingerprint density at radius 1 is 1.11 bits per heavy atom. The molecule has 0 bridgehead atoms. The second-order valence-electron chi connectivity index (χ2n) is 5.47. The van der Waals surface area contributed by atoms with Gasteiger partial charge in [-0.1, -0.05) is 34.5 Å². The van der Waals surface area contributed by atoms with Gasteiger partial charge in [0, 0.05) is 36.7 Å². The molecule has 1 heterocycles. The SMILES string of the molecule is Brc1ccc(C(C2CCC2)N2CCNCC2)cc1. The van der Waals surface area contributed by atoms with Gasteiger partial charge >= 0.3 is 0 Å². The molecule has 0 spiro atoms. The molecule has 3 rings (SSSR count). The van der Waals surface area contributed by atoms with E-state index >= 15 is 0 Å². The van der Waals surface area contributed by atoms with Crippen molar-refractivity contribution in [3.8, 4) is 0 Å². The number of halogens is 1. The minimum absolute atomic E-state index is 0.647. The van der Waals surface area contributed by atoms with E-state index in [0.29, 0.717) is 6.04 Å². The average Bonchev–Trinajstić information content (AvgIpc) is 2.36. The van der Waals surface area contributed by atoms with Crippen LogP contribution in [-0.4, -0.2) is 31.1 Å². The number of piperazine rings is 1. The summed E-state index contributed by atoms with van der Waals surface area (Å²) in [5.41, 5.74) is 1.50. The van der Waals surface area contributed by atoms with Crippen LogP contribution in [0.25, 0.3) is 0 Å². The van der Waals surface area contributed by atoms with Crippen molar-refractivity contribution in [1.82, 2.24) is 10.2 Å². The zero-order valence-corrected chi connectivity index (χ0v) is 12.3. The van der Waals surface area contributed by atoms with Gasteiger partial charge < -0.3 is 5.32 Å². The molecule has 1 aromatic rings. The fourth-order valence-electron chi connectivity index (χ4n) is 3.16. The van der Waals surface area contributed by atoms with Crippen molar-refractivity contribution in [3.05, 3.63) is 34.3 Å². The van der Waals surface area contributed by atoms with Crippen LogP contribution in [0.3, 0.4) is 0 Å². The third-order valence-corrected chi connectivity index (χ3v) is 4.88. The molecule has 2 fully saturated rings. The summed E-state index contributed by atoms with van der Waals surface area (Å²) >= 11 is 3.54. The van der Waals surface area contributed by atoms with Gasteiger partial charge in [0.25, 0.3) is 0 Å². The maximum atomic E-state index is 3.54. The molecule has 98 valence electrons. The first-order valence-electron chi connectivity index (χ1n) is 7.05. The molecule has 2 nitrogen and oxygen atoms in total. The van der Waals surface area contributed by atoms with Crippen LogP contribution in [0.4, 0.5) is 0 Å². The summed E-state index contributed by atoms with van der Waals surface area (Å²) in [6.07, 6.45) is 4.24. The van der Waals surface area contributed by atoms with E-state index in [0.717, 1.165) is 19.0 Å². The monoisotopic (exact) mass is 308 g/mol. The molecule has 2 aliphatic rings. The van der Waals surface area contributed by atoms with Gasteiger partial charge in [-0.2, -0.15) is 0 Å². The van der Waals surface area contributed by atoms with Crippen LogP contribution in [-0.2, 0) is 0 Å². The molecule has 1 atom stereocenters. The summed E-state index contributed by atoms with van der Waals surface area (Å²) in [6.45, 7) is 4.66. The summed E-state index contributed by atoms with van der Waals surface area (Å²) in [5.74, 6) is 0.879. The summed E-state index contributed by atoms with van der Waals surface area (Å²) in [7, 11) is 0. The highest BCUT2D eigenvalue weighted by Crippen LogP contribution is 2.41. The zero-order valence-electron chi connectivity index (χ0n) is 10.7. The maximum absolute atomic E-state index is 3.54. The number of hydrogen-bond acceptors (Lipinski definition) is 2. The minimum atomic E-state index is 0.647. The van der Waals surface area contributed by atoms with Crippen molar-refractivity contribution in [3.63, 3.8) is 0 Å². The zero-order chi connectivity index (χ0) is 12.4. The number of hydrogen-bond donors (Lipinski definition) is 1. The third-order valence-electron chi connectivity index (χ3n) is 4.35. The van der Waals surface area contributed by atoms with E-state index in [9.17, 15) is 0 Å². The van der Waals surface area contributed by atoms with Crippen LogP contribution in [0.5, 0.6) is 0 Å². The Balaban J connectivity index is 1.81. The fourth-order valence-corrected chi connectivity index (χ4v) is 3.42. The van der Waals surface area contributed by atoms with Gasteiger partial charge in [-0.05, 0) is 36.5 Å². The van der Waals surface area contributed by atoms with Crippen molar-refractivity contribution in [2.45, 2.75) is 25.3 Å². The Bertz CT molecular complexity index is 380. The Morgan fingerprint density at radius 3 is 2.33 bits per heavy atom. The smallest absolute Gasteiger partial charge is 0.0377 e. The molecule has 1 aliphatic carbocycles. The molecular formula is C15H21BrN2. The molecule has 0 radical (unpaired) electrons.